The third-order valence-electron chi connectivity index (χ3n) is 4.51. The smallest absolute Gasteiger partial charge is 0.227 e. The van der Waals surface area contributed by atoms with Gasteiger partial charge in [0, 0.05) is 24.9 Å². The molecule has 2 heterocycles. The van der Waals surface area contributed by atoms with Crippen molar-refractivity contribution in [1.29, 1.82) is 0 Å². The fourth-order valence-electron chi connectivity index (χ4n) is 3.07. The number of anilines is 1. The van der Waals surface area contributed by atoms with Gasteiger partial charge in [-0.1, -0.05) is 65.4 Å². The van der Waals surface area contributed by atoms with Gasteiger partial charge >= 0.3 is 0 Å². The van der Waals surface area contributed by atoms with E-state index in [2.05, 4.69) is 25.7 Å². The van der Waals surface area contributed by atoms with Gasteiger partial charge in [0.15, 0.2) is 10.6 Å². The maximum atomic E-state index is 12.4. The highest BCUT2D eigenvalue weighted by molar-refractivity contribution is 7.71. The lowest BCUT2D eigenvalue weighted by Gasteiger charge is -2.07. The summed E-state index contributed by atoms with van der Waals surface area (Å²) < 4.78 is 2.32. The molecule has 7 nitrogen and oxygen atoms in total. The maximum absolute atomic E-state index is 12.4. The molecule has 2 N–H and O–H groups in total. The lowest BCUT2D eigenvalue weighted by atomic mass is 10.1. The van der Waals surface area contributed by atoms with Gasteiger partial charge in [0.25, 0.3) is 0 Å². The minimum Gasteiger partial charge on any atom is -0.300 e. The Bertz CT molecular complexity index is 1210. The number of amides is 1. The molecule has 0 aliphatic rings. The van der Waals surface area contributed by atoms with Crippen molar-refractivity contribution in [2.45, 2.75) is 26.3 Å². The van der Waals surface area contributed by atoms with E-state index >= 15 is 0 Å². The Hall–Kier alpha value is -3.17. The van der Waals surface area contributed by atoms with Crippen molar-refractivity contribution in [3.63, 3.8) is 0 Å². The number of hydrogen-bond acceptors (Lipinski definition) is 6. The molecule has 4 aromatic rings. The first kappa shape index (κ1) is 20.1. The number of rotatable bonds is 7. The van der Waals surface area contributed by atoms with Crippen LogP contribution in [0, 0.1) is 11.7 Å². The van der Waals surface area contributed by atoms with Crippen LogP contribution in [0.5, 0.6) is 0 Å². The third-order valence-corrected chi connectivity index (χ3v) is 5.66. The number of hydrogen-bond donors (Lipinski definition) is 2. The van der Waals surface area contributed by atoms with Gasteiger partial charge in [-0.2, -0.15) is 5.10 Å². The first-order chi connectivity index (χ1) is 14.6. The molecule has 0 aliphatic heterocycles. The van der Waals surface area contributed by atoms with E-state index in [0.717, 1.165) is 27.5 Å². The highest BCUT2D eigenvalue weighted by Gasteiger charge is 2.13. The van der Waals surface area contributed by atoms with Crippen LogP contribution in [0.15, 0.2) is 54.6 Å². The third kappa shape index (κ3) is 4.87. The van der Waals surface area contributed by atoms with Crippen LogP contribution in [0.3, 0.4) is 0 Å². The number of nitrogens with one attached hydrogen (secondary N) is 2. The van der Waals surface area contributed by atoms with Gasteiger partial charge in [0.2, 0.25) is 11.0 Å². The van der Waals surface area contributed by atoms with Gasteiger partial charge in [-0.3, -0.25) is 14.5 Å². The van der Waals surface area contributed by atoms with Gasteiger partial charge in [-0.25, -0.2) is 0 Å². The molecule has 0 atom stereocenters. The summed E-state index contributed by atoms with van der Waals surface area (Å²) in [7, 11) is 0. The number of carbonyl (C=O) groups excluding carboxylic acids is 1. The Morgan fingerprint density at radius 1 is 1.17 bits per heavy atom. The molecule has 2 aromatic heterocycles. The van der Waals surface area contributed by atoms with Crippen LogP contribution >= 0.6 is 23.6 Å². The first-order valence-electron chi connectivity index (χ1n) is 9.47. The van der Waals surface area contributed by atoms with E-state index < -0.39 is 0 Å². The molecule has 30 heavy (non-hydrogen) atoms. The molecule has 1 amide bonds. The quantitative estimate of drug-likeness (QED) is 0.420. The van der Waals surface area contributed by atoms with Gasteiger partial charge in [0.1, 0.15) is 5.01 Å². The van der Waals surface area contributed by atoms with Crippen LogP contribution in [0.4, 0.5) is 5.13 Å². The summed E-state index contributed by atoms with van der Waals surface area (Å²) in [6.07, 6.45) is 0.943. The summed E-state index contributed by atoms with van der Waals surface area (Å²) in [4.78, 5) is 12.4. The van der Waals surface area contributed by atoms with Gasteiger partial charge in [-0.15, -0.1) is 10.2 Å². The molecule has 0 unspecified atom stereocenters. The fraction of sp³-hybridized carbons (Fsp3) is 0.190. The van der Waals surface area contributed by atoms with Crippen molar-refractivity contribution < 1.29 is 4.79 Å². The second-order valence-corrected chi connectivity index (χ2v) is 8.28. The minimum atomic E-state index is -0.143. The Kier molecular flexibility index (Phi) is 6.10. The predicted octanol–water partition coefficient (Wildman–Crippen LogP) is 4.39. The summed E-state index contributed by atoms with van der Waals surface area (Å²) in [5.41, 5.74) is 3.25. The molecule has 2 aromatic carbocycles. The zero-order valence-corrected chi connectivity index (χ0v) is 18.0. The maximum Gasteiger partial charge on any atom is 0.227 e. The number of H-pyrrole nitrogens is 1. The van der Waals surface area contributed by atoms with Crippen LogP contribution in [-0.2, 0) is 17.8 Å². The summed E-state index contributed by atoms with van der Waals surface area (Å²) >= 11 is 6.73. The van der Waals surface area contributed by atoms with Crippen molar-refractivity contribution in [2.75, 3.05) is 5.32 Å². The van der Waals surface area contributed by atoms with E-state index in [9.17, 15) is 4.79 Å². The van der Waals surface area contributed by atoms with Crippen molar-refractivity contribution in [3.8, 4) is 11.4 Å². The number of aryl methyl sites for hydroxylation is 1. The van der Waals surface area contributed by atoms with Crippen LogP contribution in [0.25, 0.3) is 11.4 Å². The van der Waals surface area contributed by atoms with E-state index in [-0.39, 0.29) is 12.3 Å². The topological polar surface area (TPSA) is 88.5 Å². The molecule has 0 saturated heterocycles. The molecule has 9 heteroatoms. The molecule has 0 spiro atoms. The molecule has 0 radical (unpaired) electrons. The molecular formula is C21H20N6OS2. The Morgan fingerprint density at radius 2 is 2.00 bits per heavy atom. The first-order valence-corrected chi connectivity index (χ1v) is 10.7. The van der Waals surface area contributed by atoms with E-state index in [1.54, 1.807) is 0 Å². The second kappa shape index (κ2) is 9.10. The van der Waals surface area contributed by atoms with E-state index in [1.807, 2.05) is 66.1 Å². The van der Waals surface area contributed by atoms with Crippen molar-refractivity contribution in [1.82, 2.24) is 25.0 Å². The van der Waals surface area contributed by atoms with Crippen LogP contribution in [0.2, 0.25) is 0 Å². The minimum absolute atomic E-state index is 0.143. The molecular weight excluding hydrogens is 416 g/mol. The highest BCUT2D eigenvalue weighted by atomic mass is 32.1. The van der Waals surface area contributed by atoms with Crippen LogP contribution < -0.4 is 5.32 Å². The average molecular weight is 437 g/mol. The Labute approximate surface area is 182 Å². The molecule has 0 fully saturated rings. The van der Waals surface area contributed by atoms with Gasteiger partial charge in [-0.05, 0) is 30.8 Å². The lowest BCUT2D eigenvalue weighted by molar-refractivity contribution is -0.116. The SMILES string of the molecule is Cc1cccc(-c2n[nH]c(=S)n2CCC(=O)Nc2nnc(Cc3ccccc3)s2)c1. The van der Waals surface area contributed by atoms with Crippen molar-refractivity contribution in [2.24, 2.45) is 0 Å². The van der Waals surface area contributed by atoms with Gasteiger partial charge < -0.3 is 5.32 Å². The van der Waals surface area contributed by atoms with E-state index in [1.165, 1.54) is 11.3 Å². The number of nitrogens with zero attached hydrogens (tertiary/aromatic N) is 4. The molecule has 152 valence electrons. The van der Waals surface area contributed by atoms with Crippen LogP contribution in [-0.4, -0.2) is 30.9 Å². The number of carbonyl (C=O) groups is 1. The number of aromatic nitrogens is 5. The summed E-state index contributed by atoms with van der Waals surface area (Å²) in [5.74, 6) is 0.577. The van der Waals surface area contributed by atoms with E-state index in [4.69, 9.17) is 12.2 Å². The molecule has 0 aliphatic carbocycles. The highest BCUT2D eigenvalue weighted by Crippen LogP contribution is 2.20. The zero-order valence-electron chi connectivity index (χ0n) is 16.3. The average Bonchev–Trinajstić information content (AvgIpc) is 3.33. The zero-order chi connectivity index (χ0) is 20.9. The van der Waals surface area contributed by atoms with Gasteiger partial charge in [0.05, 0.1) is 0 Å². The fourth-order valence-corrected chi connectivity index (χ4v) is 4.08. The Balaban J connectivity index is 1.38. The summed E-state index contributed by atoms with van der Waals surface area (Å²) in [6.45, 7) is 2.44. The standard InChI is InChI=1S/C21H20N6OS2/c1-14-6-5-9-16(12-14)19-24-26-21(29)27(19)11-10-17(28)22-20-25-23-18(30-20)13-15-7-3-2-4-8-15/h2-9,12H,10-11,13H2,1H3,(H,26,29)(H,22,25,28). The van der Waals surface area contributed by atoms with E-state index in [0.29, 0.717) is 22.9 Å². The molecule has 0 saturated carbocycles. The summed E-state index contributed by atoms with van der Waals surface area (Å²) in [6, 6.07) is 18.1. The predicted molar refractivity (Wildman–Crippen MR) is 120 cm³/mol. The Morgan fingerprint density at radius 3 is 2.80 bits per heavy atom. The monoisotopic (exact) mass is 436 g/mol. The van der Waals surface area contributed by atoms with Crippen molar-refractivity contribution >= 4 is 34.6 Å². The molecule has 4 rings (SSSR count). The largest absolute Gasteiger partial charge is 0.300 e. The van der Waals surface area contributed by atoms with Crippen LogP contribution in [0.1, 0.15) is 22.6 Å². The van der Waals surface area contributed by atoms with Crippen molar-refractivity contribution in [3.05, 3.63) is 75.5 Å². The summed E-state index contributed by atoms with van der Waals surface area (Å²) in [5, 5.41) is 19.6. The lowest BCUT2D eigenvalue weighted by Crippen LogP contribution is -2.15. The normalized spacial score (nSPS) is 10.8. The number of aromatic amines is 1. The number of benzene rings is 2. The second-order valence-electron chi connectivity index (χ2n) is 6.83. The molecule has 0 bridgehead atoms.